The molecule has 0 bridgehead atoms. The van der Waals surface area contributed by atoms with E-state index in [1.165, 1.54) is 7.11 Å². The molecule has 0 aromatic heterocycles. The summed E-state index contributed by atoms with van der Waals surface area (Å²) >= 11 is 0. The van der Waals surface area contributed by atoms with Gasteiger partial charge in [-0.2, -0.15) is 0 Å². The number of hydrogen-bond acceptors (Lipinski definition) is 3. The van der Waals surface area contributed by atoms with Crippen molar-refractivity contribution in [3.63, 3.8) is 0 Å². The number of rotatable bonds is 0. The van der Waals surface area contributed by atoms with Crippen molar-refractivity contribution in [1.82, 2.24) is 5.43 Å². The number of ether oxygens (including phenoxy) is 1. The summed E-state index contributed by atoms with van der Waals surface area (Å²) in [4.78, 5) is 9.72. The first-order valence-electron chi connectivity index (χ1n) is 1.36. The molecule has 0 atom stereocenters. The van der Waals surface area contributed by atoms with Gasteiger partial charge < -0.3 is 4.74 Å². The quantitative estimate of drug-likeness (QED) is 0.301. The van der Waals surface area contributed by atoms with Gasteiger partial charge in [-0.1, -0.05) is 0 Å². The third-order valence-electron chi connectivity index (χ3n) is 0.303. The SMILES string of the molecule is COC(=O)NN.Cl.Cl. The van der Waals surface area contributed by atoms with Gasteiger partial charge >= 0.3 is 6.09 Å². The fourth-order valence-electron chi connectivity index (χ4n) is 0.0589. The molecule has 0 aromatic rings. The van der Waals surface area contributed by atoms with Crippen LogP contribution in [0.3, 0.4) is 0 Å². The molecule has 0 saturated carbocycles. The Bertz CT molecular complexity index is 54.0. The second-order valence-corrected chi connectivity index (χ2v) is 0.636. The summed E-state index contributed by atoms with van der Waals surface area (Å²) in [6, 6.07) is 0. The van der Waals surface area contributed by atoms with Gasteiger partial charge in [0, 0.05) is 0 Å². The first kappa shape index (κ1) is 15.7. The monoisotopic (exact) mass is 162 g/mol. The number of carbonyl (C=O) groups is 1. The number of methoxy groups -OCH3 is 1. The zero-order valence-electron chi connectivity index (χ0n) is 4.21. The highest BCUT2D eigenvalue weighted by atomic mass is 35.5. The van der Waals surface area contributed by atoms with Crippen LogP contribution in [-0.2, 0) is 4.74 Å². The van der Waals surface area contributed by atoms with E-state index in [1.54, 1.807) is 5.43 Å². The molecule has 0 fully saturated rings. The zero-order chi connectivity index (χ0) is 4.99. The summed E-state index contributed by atoms with van der Waals surface area (Å²) in [7, 11) is 1.24. The van der Waals surface area contributed by atoms with Gasteiger partial charge in [-0.25, -0.2) is 10.6 Å². The number of amides is 1. The van der Waals surface area contributed by atoms with E-state index in [-0.39, 0.29) is 24.8 Å². The molecule has 0 saturated heterocycles. The van der Waals surface area contributed by atoms with Crippen molar-refractivity contribution in [2.45, 2.75) is 0 Å². The molecular formula is C2H8Cl2N2O2. The lowest BCUT2D eigenvalue weighted by atomic mass is 11.2. The number of hydrazine groups is 1. The van der Waals surface area contributed by atoms with Gasteiger partial charge in [0.05, 0.1) is 7.11 Å². The molecule has 0 aliphatic carbocycles. The molecule has 0 unspecified atom stereocenters. The minimum atomic E-state index is -0.630. The van der Waals surface area contributed by atoms with Crippen molar-refractivity contribution in [3.05, 3.63) is 0 Å². The van der Waals surface area contributed by atoms with Crippen LogP contribution in [0, 0.1) is 0 Å². The minimum Gasteiger partial charge on any atom is -0.452 e. The molecule has 4 nitrogen and oxygen atoms in total. The molecule has 3 N–H and O–H groups in total. The molecule has 1 amide bonds. The third kappa shape index (κ3) is 9.26. The molecule has 6 heteroatoms. The van der Waals surface area contributed by atoms with E-state index in [0.29, 0.717) is 0 Å². The lowest BCUT2D eigenvalue weighted by molar-refractivity contribution is 0.171. The predicted molar refractivity (Wildman–Crippen MR) is 34.2 cm³/mol. The lowest BCUT2D eigenvalue weighted by Crippen LogP contribution is -2.29. The Morgan fingerprint density at radius 3 is 2.00 bits per heavy atom. The zero-order valence-corrected chi connectivity index (χ0v) is 5.84. The van der Waals surface area contributed by atoms with Crippen LogP contribution < -0.4 is 11.3 Å². The smallest absolute Gasteiger partial charge is 0.421 e. The van der Waals surface area contributed by atoms with Crippen molar-refractivity contribution in [3.8, 4) is 0 Å². The predicted octanol–water partition coefficient (Wildman–Crippen LogP) is 0.0597. The van der Waals surface area contributed by atoms with E-state index in [1.807, 2.05) is 0 Å². The van der Waals surface area contributed by atoms with Crippen molar-refractivity contribution in [2.75, 3.05) is 7.11 Å². The third-order valence-corrected chi connectivity index (χ3v) is 0.303. The summed E-state index contributed by atoms with van der Waals surface area (Å²) in [5, 5.41) is 0. The van der Waals surface area contributed by atoms with Gasteiger partial charge in [-0.15, -0.1) is 24.8 Å². The fraction of sp³-hybridized carbons (Fsp3) is 0.500. The highest BCUT2D eigenvalue weighted by molar-refractivity contribution is 5.85. The molecular weight excluding hydrogens is 155 g/mol. The normalized spacial score (nSPS) is 5.25. The summed E-state index contributed by atoms with van der Waals surface area (Å²) in [6.45, 7) is 0. The van der Waals surface area contributed by atoms with Crippen LogP contribution in [0.4, 0.5) is 4.79 Å². The van der Waals surface area contributed by atoms with Crippen LogP contribution >= 0.6 is 24.8 Å². The summed E-state index contributed by atoms with van der Waals surface area (Å²) in [5.74, 6) is 4.56. The van der Waals surface area contributed by atoms with Crippen LogP contribution in [0.25, 0.3) is 0 Å². The molecule has 0 rings (SSSR count). The van der Waals surface area contributed by atoms with Crippen LogP contribution in [0.5, 0.6) is 0 Å². The topological polar surface area (TPSA) is 64.3 Å². The lowest BCUT2D eigenvalue weighted by Gasteiger charge is -1.90. The van der Waals surface area contributed by atoms with Gasteiger partial charge in [-0.3, -0.25) is 5.43 Å². The van der Waals surface area contributed by atoms with Crippen LogP contribution in [0.15, 0.2) is 0 Å². The first-order valence-corrected chi connectivity index (χ1v) is 1.36. The van der Waals surface area contributed by atoms with Gasteiger partial charge in [0.15, 0.2) is 0 Å². The van der Waals surface area contributed by atoms with Crippen molar-refractivity contribution in [2.24, 2.45) is 5.84 Å². The highest BCUT2D eigenvalue weighted by Crippen LogP contribution is 1.60. The van der Waals surface area contributed by atoms with Crippen molar-refractivity contribution >= 4 is 30.9 Å². The Morgan fingerprint density at radius 1 is 1.62 bits per heavy atom. The second kappa shape index (κ2) is 9.94. The fourth-order valence-corrected chi connectivity index (χ4v) is 0.0589. The Kier molecular flexibility index (Phi) is 19.4. The van der Waals surface area contributed by atoms with Crippen LogP contribution in [0.1, 0.15) is 0 Å². The maximum Gasteiger partial charge on any atom is 0.421 e. The van der Waals surface area contributed by atoms with E-state index < -0.39 is 6.09 Å². The van der Waals surface area contributed by atoms with Gasteiger partial charge in [-0.05, 0) is 0 Å². The van der Waals surface area contributed by atoms with Crippen molar-refractivity contribution in [1.29, 1.82) is 0 Å². The number of nitrogens with two attached hydrogens (primary N) is 1. The number of halogens is 2. The molecule has 0 spiro atoms. The molecule has 0 aliphatic rings. The average molecular weight is 163 g/mol. The molecule has 0 radical (unpaired) electrons. The van der Waals surface area contributed by atoms with Crippen LogP contribution in [0.2, 0.25) is 0 Å². The Balaban J connectivity index is -0.000000125. The van der Waals surface area contributed by atoms with Crippen LogP contribution in [-0.4, -0.2) is 13.2 Å². The number of hydrogen-bond donors (Lipinski definition) is 2. The molecule has 0 aromatic carbocycles. The highest BCUT2D eigenvalue weighted by Gasteiger charge is 1.85. The summed E-state index contributed by atoms with van der Waals surface area (Å²) in [5.41, 5.74) is 1.75. The van der Waals surface area contributed by atoms with Crippen molar-refractivity contribution < 1.29 is 9.53 Å². The largest absolute Gasteiger partial charge is 0.452 e. The molecule has 52 valence electrons. The average Bonchev–Trinajstić information content (AvgIpc) is 1.65. The Hall–Kier alpha value is -0.190. The second-order valence-electron chi connectivity index (χ2n) is 0.636. The van der Waals surface area contributed by atoms with E-state index in [2.05, 4.69) is 10.6 Å². The minimum absolute atomic E-state index is 0. The van der Waals surface area contributed by atoms with E-state index in [4.69, 9.17) is 0 Å². The number of carbonyl (C=O) groups excluding carboxylic acids is 1. The molecule has 0 aliphatic heterocycles. The first-order chi connectivity index (χ1) is 2.81. The Morgan fingerprint density at radius 2 is 2.00 bits per heavy atom. The van der Waals surface area contributed by atoms with E-state index in [9.17, 15) is 4.79 Å². The maximum absolute atomic E-state index is 9.72. The van der Waals surface area contributed by atoms with E-state index >= 15 is 0 Å². The standard InChI is InChI=1S/C2H6N2O2.2ClH/c1-6-2(5)4-3;;/h3H2,1H3,(H,4,5);2*1H. The number of nitrogens with one attached hydrogen (secondary N) is 1. The molecule has 0 heterocycles. The van der Waals surface area contributed by atoms with Gasteiger partial charge in [0.1, 0.15) is 0 Å². The summed E-state index contributed by atoms with van der Waals surface area (Å²) in [6.07, 6.45) is -0.630. The van der Waals surface area contributed by atoms with Gasteiger partial charge in [0.2, 0.25) is 0 Å². The molecule has 8 heavy (non-hydrogen) atoms. The van der Waals surface area contributed by atoms with Gasteiger partial charge in [0.25, 0.3) is 0 Å². The van der Waals surface area contributed by atoms with E-state index in [0.717, 1.165) is 0 Å². The summed E-state index contributed by atoms with van der Waals surface area (Å²) < 4.78 is 4.02. The Labute approximate surface area is 59.5 Å². The maximum atomic E-state index is 9.72.